The Hall–Kier alpha value is -6.45. The first-order chi connectivity index (χ1) is 34.3. The summed E-state index contributed by atoms with van der Waals surface area (Å²) in [6.45, 7) is 17.4. The summed E-state index contributed by atoms with van der Waals surface area (Å²) in [6.07, 6.45) is 6.52. The van der Waals surface area contributed by atoms with Crippen molar-refractivity contribution in [3.05, 3.63) is 220 Å². The van der Waals surface area contributed by atoms with E-state index in [1.807, 2.05) is 67.0 Å². The van der Waals surface area contributed by atoms with Crippen LogP contribution in [0.15, 0.2) is 164 Å². The smallest absolute Gasteiger partial charge is 0.0708 e. The van der Waals surface area contributed by atoms with Crippen molar-refractivity contribution in [3.8, 4) is 44.9 Å². The van der Waals surface area contributed by atoms with Crippen LogP contribution in [0, 0.1) is 13.8 Å². The van der Waals surface area contributed by atoms with Crippen LogP contribution < -0.4 is 0 Å². The molecule has 3 aromatic heterocycles. The molecule has 0 radical (unpaired) electrons. The first-order valence-corrected chi connectivity index (χ1v) is 24.7. The lowest BCUT2D eigenvalue weighted by molar-refractivity contribution is 0.512. The van der Waals surface area contributed by atoms with Crippen molar-refractivity contribution in [2.75, 3.05) is 0 Å². The van der Waals surface area contributed by atoms with E-state index >= 15 is 0 Å². The normalized spacial score (nSPS) is 14.7. The van der Waals surface area contributed by atoms with Crippen LogP contribution in [0.3, 0.4) is 0 Å². The molecule has 1 aliphatic carbocycles. The van der Waals surface area contributed by atoms with Crippen LogP contribution in [0.5, 0.6) is 0 Å². The Kier molecular flexibility index (Phi) is 12.3. The maximum atomic E-state index is 10.2. The second kappa shape index (κ2) is 20.0. The minimum atomic E-state index is -2.52. The van der Waals surface area contributed by atoms with E-state index in [0.717, 1.165) is 72.7 Å². The van der Waals surface area contributed by atoms with Crippen molar-refractivity contribution in [1.82, 2.24) is 15.0 Å². The molecule has 0 spiro atoms. The van der Waals surface area contributed by atoms with E-state index in [0.29, 0.717) is 35.8 Å². The molecule has 1 aliphatic rings. The van der Waals surface area contributed by atoms with Gasteiger partial charge in [0, 0.05) is 40.8 Å². The number of hydrogen-bond acceptors (Lipinski definition) is 3. The zero-order valence-electron chi connectivity index (χ0n) is 45.3. The third-order valence-corrected chi connectivity index (χ3v) is 14.3. The van der Waals surface area contributed by atoms with Gasteiger partial charge in [-0.1, -0.05) is 182 Å². The van der Waals surface area contributed by atoms with Crippen LogP contribution in [0.2, 0.25) is 0 Å². The number of pyridine rings is 3. The summed E-state index contributed by atoms with van der Waals surface area (Å²) < 4.78 is 40.6. The lowest BCUT2D eigenvalue weighted by Crippen LogP contribution is -2.23. The summed E-state index contributed by atoms with van der Waals surface area (Å²) >= 11 is 0. The van der Waals surface area contributed by atoms with Gasteiger partial charge in [0.15, 0.2) is 0 Å². The molecule has 344 valence electrons. The van der Waals surface area contributed by atoms with Crippen LogP contribution >= 0.6 is 0 Å². The van der Waals surface area contributed by atoms with Gasteiger partial charge in [0.1, 0.15) is 0 Å². The Morgan fingerprint density at radius 2 is 1.01 bits per heavy atom. The van der Waals surface area contributed by atoms with Gasteiger partial charge in [-0.25, -0.2) is 0 Å². The molecule has 0 bridgehead atoms. The van der Waals surface area contributed by atoms with E-state index in [1.54, 1.807) is 6.20 Å². The fourth-order valence-corrected chi connectivity index (χ4v) is 10.4. The van der Waals surface area contributed by atoms with Crippen LogP contribution in [0.25, 0.3) is 44.9 Å². The highest BCUT2D eigenvalue weighted by Gasteiger charge is 2.26. The lowest BCUT2D eigenvalue weighted by atomic mass is 9.77. The fourth-order valence-electron chi connectivity index (χ4n) is 10.4. The molecule has 0 aliphatic heterocycles. The van der Waals surface area contributed by atoms with Gasteiger partial charge in [0.25, 0.3) is 0 Å². The molecule has 0 atom stereocenters. The van der Waals surface area contributed by atoms with Crippen molar-refractivity contribution in [2.45, 2.75) is 129 Å². The summed E-state index contributed by atoms with van der Waals surface area (Å²) in [5.74, 6) is 0.904. The van der Waals surface area contributed by atoms with Crippen LogP contribution in [0.1, 0.15) is 140 Å². The third kappa shape index (κ3) is 10.6. The van der Waals surface area contributed by atoms with Gasteiger partial charge in [-0.05, 0) is 160 Å². The third-order valence-electron chi connectivity index (χ3n) is 14.3. The maximum Gasteiger partial charge on any atom is 0.0708 e. The molecule has 3 heterocycles. The molecule has 1 saturated carbocycles. The second-order valence-electron chi connectivity index (χ2n) is 20.9. The molecule has 0 unspecified atom stereocenters. The fraction of sp³-hybridized carbons (Fsp3) is 0.308. The largest absolute Gasteiger partial charge is 0.256 e. The molecule has 1 fully saturated rings. The van der Waals surface area contributed by atoms with Gasteiger partial charge in [-0.2, -0.15) is 0 Å². The number of hydrogen-bond donors (Lipinski definition) is 0. The lowest BCUT2D eigenvalue weighted by Gasteiger charge is -2.28. The molecule has 0 amide bonds. The Labute approximate surface area is 412 Å². The Balaban J connectivity index is 1.14. The molecular weight excluding hydrogens is 823 g/mol. The van der Waals surface area contributed by atoms with Gasteiger partial charge in [-0.15, -0.1) is 0 Å². The predicted octanol–water partition coefficient (Wildman–Crippen LogP) is 16.8. The number of nitrogens with zero attached hydrogens (tertiary/aromatic N) is 3. The average molecular weight is 896 g/mol. The van der Waals surface area contributed by atoms with Crippen molar-refractivity contribution in [3.63, 3.8) is 0 Å². The van der Waals surface area contributed by atoms with E-state index in [-0.39, 0.29) is 5.56 Å². The summed E-state index contributed by atoms with van der Waals surface area (Å²) in [7, 11) is 0. The van der Waals surface area contributed by atoms with Gasteiger partial charge in [-0.3, -0.25) is 15.0 Å². The number of aryl methyl sites for hydroxylation is 4. The highest BCUT2D eigenvalue weighted by Crippen LogP contribution is 2.40. The molecule has 3 heteroatoms. The Bertz CT molecular complexity index is 3010. The summed E-state index contributed by atoms with van der Waals surface area (Å²) in [6, 6.07) is 49.9. The van der Waals surface area contributed by atoms with Gasteiger partial charge in [0.2, 0.25) is 0 Å². The molecule has 0 saturated heterocycles. The summed E-state index contributed by atoms with van der Waals surface area (Å²) in [4.78, 5) is 14.7. The molecule has 5 aromatic carbocycles. The van der Waals surface area contributed by atoms with E-state index < -0.39 is 23.6 Å². The van der Waals surface area contributed by atoms with Gasteiger partial charge >= 0.3 is 0 Å². The van der Waals surface area contributed by atoms with E-state index in [2.05, 4.69) is 146 Å². The Morgan fingerprint density at radius 1 is 0.529 bits per heavy atom. The van der Waals surface area contributed by atoms with Crippen LogP contribution in [-0.4, -0.2) is 15.0 Å². The first kappa shape index (κ1) is 41.7. The topological polar surface area (TPSA) is 38.7 Å². The quantitative estimate of drug-likeness (QED) is 0.103. The monoisotopic (exact) mass is 896 g/mol. The van der Waals surface area contributed by atoms with E-state index in [4.69, 9.17) is 15.0 Å². The SMILES string of the molecule is [2H]C([2H])(c1cc(CC(C)(C)c2ccc(-c3ccccc3)nc2)cc(CC(C)(C)c2ccc(-c3ccccc3)nc2)c1)C([2H])([2H])c1cnc(-c2ccc(C(C)C)cc2)cc1-c1c(C)cc(C2CCCC2)cc1C. The predicted molar refractivity (Wildman–Crippen MR) is 287 cm³/mol. The van der Waals surface area contributed by atoms with Crippen molar-refractivity contribution in [2.24, 2.45) is 0 Å². The standard InChI is InChI=1S/C65H69N3/c1-44(2)50-25-27-54(28-26-50)62-38-59(63-45(3)33-56(34-46(63)4)51-17-15-16-18-51)55(41-66-62)24-23-47-35-48(39-64(5,6)57-29-31-60(67-42-57)52-19-11-9-12-20-52)37-49(36-47)40-65(7,8)58-30-32-61(68-43-58)53-21-13-10-14-22-53/h9-14,19-22,25-38,41-44,51H,15-18,23-24,39-40H2,1-8H3/i23D2,24D2. The minimum absolute atomic E-state index is 0.233. The van der Waals surface area contributed by atoms with Gasteiger partial charge in [0.05, 0.1) is 17.1 Å². The van der Waals surface area contributed by atoms with Crippen molar-refractivity contribution in [1.29, 1.82) is 0 Å². The number of rotatable bonds is 15. The minimum Gasteiger partial charge on any atom is -0.256 e. The maximum absolute atomic E-state index is 10.2. The van der Waals surface area contributed by atoms with E-state index in [9.17, 15) is 5.48 Å². The summed E-state index contributed by atoms with van der Waals surface area (Å²) in [5, 5.41) is 0. The van der Waals surface area contributed by atoms with E-state index in [1.165, 1.54) is 36.8 Å². The first-order valence-electron chi connectivity index (χ1n) is 26.7. The Morgan fingerprint density at radius 3 is 1.50 bits per heavy atom. The molecule has 8 aromatic rings. The molecule has 3 nitrogen and oxygen atoms in total. The highest BCUT2D eigenvalue weighted by atomic mass is 14.7. The highest BCUT2D eigenvalue weighted by molar-refractivity contribution is 5.78. The second-order valence-corrected chi connectivity index (χ2v) is 20.9. The number of benzene rings is 5. The van der Waals surface area contributed by atoms with Crippen molar-refractivity contribution < 1.29 is 5.48 Å². The number of aromatic nitrogens is 3. The zero-order chi connectivity index (χ0) is 51.0. The molecule has 9 rings (SSSR count). The van der Waals surface area contributed by atoms with Crippen molar-refractivity contribution >= 4 is 0 Å². The van der Waals surface area contributed by atoms with Gasteiger partial charge < -0.3 is 0 Å². The summed E-state index contributed by atoms with van der Waals surface area (Å²) in [5.41, 5.74) is 15.6. The molecule has 0 N–H and O–H groups in total. The molecule has 68 heavy (non-hydrogen) atoms. The average Bonchev–Trinajstić information content (AvgIpc) is 3.92. The molecular formula is C65H69N3. The van der Waals surface area contributed by atoms with Crippen LogP contribution in [-0.2, 0) is 36.4 Å². The zero-order valence-corrected chi connectivity index (χ0v) is 41.3. The van der Waals surface area contributed by atoms with Crippen LogP contribution in [0.4, 0.5) is 0 Å².